The molecule has 0 aromatic carbocycles. The van der Waals surface area contributed by atoms with Crippen molar-refractivity contribution in [1.82, 2.24) is 20.9 Å². The van der Waals surface area contributed by atoms with Crippen LogP contribution >= 0.6 is 0 Å². The van der Waals surface area contributed by atoms with Gasteiger partial charge in [0.05, 0.1) is 6.54 Å². The molecular weight excluding hydrogens is 232 g/mol. The van der Waals surface area contributed by atoms with Crippen LogP contribution in [0.1, 0.15) is 19.8 Å². The summed E-state index contributed by atoms with van der Waals surface area (Å²) < 4.78 is 0. The van der Waals surface area contributed by atoms with E-state index in [1.807, 2.05) is 7.05 Å². The summed E-state index contributed by atoms with van der Waals surface area (Å²) >= 11 is 0. The Morgan fingerprint density at radius 2 is 1.83 bits per heavy atom. The maximum absolute atomic E-state index is 11.7. The van der Waals surface area contributed by atoms with E-state index in [-0.39, 0.29) is 11.8 Å². The molecule has 6 nitrogen and oxygen atoms in total. The Kier molecular flexibility index (Phi) is 6.67. The minimum atomic E-state index is -0.0731. The maximum Gasteiger partial charge on any atom is 0.234 e. The van der Waals surface area contributed by atoms with Gasteiger partial charge in [-0.15, -0.1) is 0 Å². The van der Waals surface area contributed by atoms with Crippen LogP contribution in [0.15, 0.2) is 0 Å². The number of carbonyl (C=O) groups excluding carboxylic acids is 2. The molecule has 0 bridgehead atoms. The lowest BCUT2D eigenvalue weighted by molar-refractivity contribution is -0.123. The van der Waals surface area contributed by atoms with Crippen LogP contribution in [0.4, 0.5) is 0 Å². The van der Waals surface area contributed by atoms with Gasteiger partial charge in [-0.25, -0.2) is 0 Å². The summed E-state index contributed by atoms with van der Waals surface area (Å²) in [6.07, 6.45) is 2.19. The van der Waals surface area contributed by atoms with Crippen LogP contribution < -0.4 is 16.0 Å². The van der Waals surface area contributed by atoms with Crippen LogP contribution in [0.2, 0.25) is 0 Å². The molecule has 0 saturated carbocycles. The summed E-state index contributed by atoms with van der Waals surface area (Å²) in [6, 6.07) is 0.493. The molecule has 0 unspecified atom stereocenters. The third-order valence-corrected chi connectivity index (χ3v) is 3.15. The number of carbonyl (C=O) groups is 2. The van der Waals surface area contributed by atoms with Crippen molar-refractivity contribution in [2.75, 3.05) is 39.8 Å². The maximum atomic E-state index is 11.7. The Morgan fingerprint density at radius 1 is 1.22 bits per heavy atom. The molecule has 0 aromatic heterocycles. The highest BCUT2D eigenvalue weighted by molar-refractivity contribution is 5.78. The second-order valence-corrected chi connectivity index (χ2v) is 4.73. The number of hydrogen-bond acceptors (Lipinski definition) is 4. The van der Waals surface area contributed by atoms with Crippen molar-refractivity contribution in [1.29, 1.82) is 0 Å². The van der Waals surface area contributed by atoms with Crippen molar-refractivity contribution in [3.8, 4) is 0 Å². The molecule has 1 fully saturated rings. The van der Waals surface area contributed by atoms with E-state index >= 15 is 0 Å². The Morgan fingerprint density at radius 3 is 2.44 bits per heavy atom. The lowest BCUT2D eigenvalue weighted by Gasteiger charge is -2.31. The average molecular weight is 256 g/mol. The van der Waals surface area contributed by atoms with E-state index in [9.17, 15) is 9.59 Å². The Bertz CT molecular complexity index is 277. The first-order valence-electron chi connectivity index (χ1n) is 6.51. The number of nitrogens with zero attached hydrogens (tertiary/aromatic N) is 1. The molecule has 0 radical (unpaired) electrons. The number of hydrogen-bond donors (Lipinski definition) is 3. The molecule has 0 atom stereocenters. The predicted octanol–water partition coefficient (Wildman–Crippen LogP) is -1.08. The second kappa shape index (κ2) is 8.05. The van der Waals surface area contributed by atoms with Crippen molar-refractivity contribution in [3.05, 3.63) is 0 Å². The fourth-order valence-electron chi connectivity index (χ4n) is 2.10. The minimum Gasteiger partial charge on any atom is -0.355 e. The molecule has 6 heteroatoms. The van der Waals surface area contributed by atoms with E-state index in [2.05, 4.69) is 20.9 Å². The van der Waals surface area contributed by atoms with Crippen molar-refractivity contribution >= 4 is 11.8 Å². The van der Waals surface area contributed by atoms with Gasteiger partial charge in [0.25, 0.3) is 0 Å². The van der Waals surface area contributed by atoms with Crippen molar-refractivity contribution < 1.29 is 9.59 Å². The standard InChI is InChI=1S/C12H24N4O2/c1-10(17)14-7-8-15-12(18)9-16(2)11-3-5-13-6-4-11/h11,13H,3-9H2,1-2H3,(H,14,17)(H,15,18). The predicted molar refractivity (Wildman–Crippen MR) is 70.2 cm³/mol. The zero-order valence-corrected chi connectivity index (χ0v) is 11.3. The summed E-state index contributed by atoms with van der Waals surface area (Å²) in [5.74, 6) is -0.0579. The highest BCUT2D eigenvalue weighted by Gasteiger charge is 2.19. The number of likely N-dealkylation sites (N-methyl/N-ethyl adjacent to an activating group) is 1. The van der Waals surface area contributed by atoms with Gasteiger partial charge in [-0.05, 0) is 33.0 Å². The second-order valence-electron chi connectivity index (χ2n) is 4.73. The van der Waals surface area contributed by atoms with Gasteiger partial charge in [0.15, 0.2) is 0 Å². The Balaban J connectivity index is 2.12. The molecule has 1 aliphatic rings. The van der Waals surface area contributed by atoms with Crippen molar-refractivity contribution in [2.24, 2.45) is 0 Å². The zero-order valence-electron chi connectivity index (χ0n) is 11.3. The first-order valence-corrected chi connectivity index (χ1v) is 6.51. The monoisotopic (exact) mass is 256 g/mol. The van der Waals surface area contributed by atoms with Crippen LogP contribution in [-0.4, -0.2) is 62.5 Å². The number of rotatable bonds is 6. The molecule has 1 aliphatic heterocycles. The Labute approximate surface area is 108 Å². The van der Waals surface area contributed by atoms with Gasteiger partial charge >= 0.3 is 0 Å². The van der Waals surface area contributed by atoms with E-state index in [1.54, 1.807) is 0 Å². The summed E-state index contributed by atoms with van der Waals surface area (Å²) in [7, 11) is 1.99. The van der Waals surface area contributed by atoms with Crippen molar-refractivity contribution in [2.45, 2.75) is 25.8 Å². The van der Waals surface area contributed by atoms with E-state index < -0.39 is 0 Å². The molecule has 0 aliphatic carbocycles. The largest absolute Gasteiger partial charge is 0.355 e. The van der Waals surface area contributed by atoms with Gasteiger partial charge in [-0.2, -0.15) is 0 Å². The molecular formula is C12H24N4O2. The molecule has 1 rings (SSSR count). The van der Waals surface area contributed by atoms with Gasteiger partial charge < -0.3 is 16.0 Å². The summed E-state index contributed by atoms with van der Waals surface area (Å²) in [5, 5.41) is 8.75. The van der Waals surface area contributed by atoms with Crippen LogP contribution in [-0.2, 0) is 9.59 Å². The first kappa shape index (κ1) is 14.9. The lowest BCUT2D eigenvalue weighted by atomic mass is 10.1. The highest BCUT2D eigenvalue weighted by atomic mass is 16.2. The quantitative estimate of drug-likeness (QED) is 0.529. The van der Waals surface area contributed by atoms with Gasteiger partial charge in [-0.1, -0.05) is 0 Å². The third kappa shape index (κ3) is 5.97. The zero-order chi connectivity index (χ0) is 13.4. The van der Waals surface area contributed by atoms with Gasteiger partial charge in [0.1, 0.15) is 0 Å². The highest BCUT2D eigenvalue weighted by Crippen LogP contribution is 2.08. The lowest BCUT2D eigenvalue weighted by Crippen LogP contribution is -2.46. The molecule has 1 heterocycles. The average Bonchev–Trinajstić information content (AvgIpc) is 2.35. The SMILES string of the molecule is CC(=O)NCCNC(=O)CN(C)C1CCNCC1. The molecule has 104 valence electrons. The minimum absolute atomic E-state index is 0.0152. The van der Waals surface area contributed by atoms with E-state index in [1.165, 1.54) is 6.92 Å². The molecule has 2 amide bonds. The Hall–Kier alpha value is -1.14. The number of nitrogens with one attached hydrogen (secondary N) is 3. The summed E-state index contributed by atoms with van der Waals surface area (Å²) in [5.41, 5.74) is 0. The van der Waals surface area contributed by atoms with E-state index in [0.29, 0.717) is 25.7 Å². The van der Waals surface area contributed by atoms with Gasteiger partial charge in [0.2, 0.25) is 11.8 Å². The molecule has 0 aromatic rings. The number of amides is 2. The topological polar surface area (TPSA) is 73.5 Å². The fourth-order valence-corrected chi connectivity index (χ4v) is 2.10. The molecule has 0 spiro atoms. The molecule has 18 heavy (non-hydrogen) atoms. The van der Waals surface area contributed by atoms with Crippen LogP contribution in [0.5, 0.6) is 0 Å². The fraction of sp³-hybridized carbons (Fsp3) is 0.833. The van der Waals surface area contributed by atoms with Gasteiger partial charge in [0, 0.05) is 26.1 Å². The van der Waals surface area contributed by atoms with Crippen LogP contribution in [0.25, 0.3) is 0 Å². The smallest absolute Gasteiger partial charge is 0.234 e. The summed E-state index contributed by atoms with van der Waals surface area (Å²) in [6.45, 7) is 4.91. The number of piperidine rings is 1. The first-order chi connectivity index (χ1) is 8.59. The van der Waals surface area contributed by atoms with Crippen molar-refractivity contribution in [3.63, 3.8) is 0 Å². The molecule has 1 saturated heterocycles. The van der Waals surface area contributed by atoms with Gasteiger partial charge in [-0.3, -0.25) is 14.5 Å². The molecule has 3 N–H and O–H groups in total. The summed E-state index contributed by atoms with van der Waals surface area (Å²) in [4.78, 5) is 24.4. The normalized spacial score (nSPS) is 16.6. The van der Waals surface area contributed by atoms with Crippen LogP contribution in [0, 0.1) is 0 Å². The van der Waals surface area contributed by atoms with Crippen LogP contribution in [0.3, 0.4) is 0 Å². The van der Waals surface area contributed by atoms with E-state index in [4.69, 9.17) is 0 Å². The van der Waals surface area contributed by atoms with E-state index in [0.717, 1.165) is 25.9 Å². The third-order valence-electron chi connectivity index (χ3n) is 3.15.